The Hall–Kier alpha value is -1.41. The van der Waals surface area contributed by atoms with E-state index in [-0.39, 0.29) is 19.0 Å². The van der Waals surface area contributed by atoms with Crippen LogP contribution in [0, 0.1) is 0 Å². The van der Waals surface area contributed by atoms with E-state index < -0.39 is 22.0 Å². The van der Waals surface area contributed by atoms with Crippen molar-refractivity contribution < 1.29 is 17.9 Å². The third kappa shape index (κ3) is 2.57. The van der Waals surface area contributed by atoms with Gasteiger partial charge in [0.1, 0.15) is 6.04 Å². The summed E-state index contributed by atoms with van der Waals surface area (Å²) in [5.74, 6) is -0.555. The summed E-state index contributed by atoms with van der Waals surface area (Å²) in [5.41, 5.74) is 1.60. The molecular weight excluding hydrogens is 282 g/mol. The Morgan fingerprint density at radius 1 is 1.50 bits per heavy atom. The molecule has 0 spiro atoms. The zero-order valence-corrected chi connectivity index (χ0v) is 12.8. The molecule has 2 rings (SSSR count). The third-order valence-electron chi connectivity index (χ3n) is 3.48. The van der Waals surface area contributed by atoms with Gasteiger partial charge < -0.3 is 9.30 Å². The minimum absolute atomic E-state index is 0.145. The van der Waals surface area contributed by atoms with Crippen LogP contribution in [0.5, 0.6) is 0 Å². The predicted octanol–water partition coefficient (Wildman–Crippen LogP) is 0.323. The van der Waals surface area contributed by atoms with E-state index in [4.69, 9.17) is 4.74 Å². The average molecular weight is 301 g/mol. The number of imidazole rings is 1. The smallest absolute Gasteiger partial charge is 0.324 e. The number of rotatable bonds is 3. The largest absolute Gasteiger partial charge is 0.468 e. The molecule has 0 amide bonds. The lowest BCUT2D eigenvalue weighted by Crippen LogP contribution is -2.49. The highest BCUT2D eigenvalue weighted by Crippen LogP contribution is 2.27. The molecule has 7 nitrogen and oxygen atoms in total. The molecule has 1 unspecified atom stereocenters. The van der Waals surface area contributed by atoms with Crippen LogP contribution in [-0.4, -0.2) is 47.7 Å². The van der Waals surface area contributed by atoms with Crippen LogP contribution in [0.1, 0.15) is 31.3 Å². The van der Waals surface area contributed by atoms with Crippen molar-refractivity contribution in [2.75, 3.05) is 13.4 Å². The number of nitrogens with zero attached hydrogens (tertiary/aromatic N) is 3. The zero-order chi connectivity index (χ0) is 15.1. The monoisotopic (exact) mass is 301 g/mol. The van der Waals surface area contributed by atoms with E-state index in [9.17, 15) is 13.2 Å². The van der Waals surface area contributed by atoms with Crippen molar-refractivity contribution in [1.29, 1.82) is 0 Å². The Kier molecular flexibility index (Phi) is 3.88. The van der Waals surface area contributed by atoms with Crippen LogP contribution in [0.3, 0.4) is 0 Å². The highest BCUT2D eigenvalue weighted by molar-refractivity contribution is 7.88. The highest BCUT2D eigenvalue weighted by Gasteiger charge is 2.39. The molecule has 2 heterocycles. The molecule has 0 radical (unpaired) electrons. The molecule has 0 N–H and O–H groups in total. The van der Waals surface area contributed by atoms with Gasteiger partial charge in [-0.3, -0.25) is 4.79 Å². The van der Waals surface area contributed by atoms with Gasteiger partial charge in [0.15, 0.2) is 0 Å². The molecule has 0 aromatic carbocycles. The molecule has 1 aromatic rings. The molecule has 0 bridgehead atoms. The van der Waals surface area contributed by atoms with Crippen molar-refractivity contribution in [1.82, 2.24) is 13.9 Å². The molecule has 1 aromatic heterocycles. The van der Waals surface area contributed by atoms with Crippen molar-refractivity contribution in [3.8, 4) is 0 Å². The first-order valence-corrected chi connectivity index (χ1v) is 8.19. The van der Waals surface area contributed by atoms with Crippen LogP contribution in [-0.2, 0) is 32.5 Å². The van der Waals surface area contributed by atoms with Gasteiger partial charge in [0, 0.05) is 12.5 Å². The van der Waals surface area contributed by atoms with Gasteiger partial charge in [-0.25, -0.2) is 13.4 Å². The van der Waals surface area contributed by atoms with E-state index in [2.05, 4.69) is 4.98 Å². The van der Waals surface area contributed by atoms with E-state index in [0.29, 0.717) is 0 Å². The van der Waals surface area contributed by atoms with E-state index in [1.54, 1.807) is 6.33 Å². The second-order valence-electron chi connectivity index (χ2n) is 5.19. The number of hydrogen-bond donors (Lipinski definition) is 0. The van der Waals surface area contributed by atoms with Crippen molar-refractivity contribution in [3.05, 3.63) is 17.7 Å². The normalized spacial score (nSPS) is 19.9. The second-order valence-corrected chi connectivity index (χ2v) is 7.13. The molecule has 8 heteroatoms. The van der Waals surface area contributed by atoms with E-state index in [1.165, 1.54) is 11.4 Å². The lowest BCUT2D eigenvalue weighted by atomic mass is 10.1. The molecule has 112 valence electrons. The van der Waals surface area contributed by atoms with Crippen LogP contribution < -0.4 is 0 Å². The van der Waals surface area contributed by atoms with E-state index in [0.717, 1.165) is 17.6 Å². The Bertz CT molecular complexity index is 621. The summed E-state index contributed by atoms with van der Waals surface area (Å²) in [4.78, 5) is 16.1. The van der Waals surface area contributed by atoms with E-state index >= 15 is 0 Å². The maximum Gasteiger partial charge on any atom is 0.324 e. The SMILES string of the molecule is COC(=O)C1Cc2ncn(C(C)C)c2CN1S(C)(=O)=O. The fraction of sp³-hybridized carbons (Fsp3) is 0.667. The molecule has 1 aliphatic rings. The molecule has 0 saturated heterocycles. The van der Waals surface area contributed by atoms with Crippen molar-refractivity contribution >= 4 is 16.0 Å². The number of hydrogen-bond acceptors (Lipinski definition) is 5. The summed E-state index contributed by atoms with van der Waals surface area (Å²) < 4.78 is 31.7. The molecule has 0 fully saturated rings. The highest BCUT2D eigenvalue weighted by atomic mass is 32.2. The Morgan fingerprint density at radius 2 is 2.15 bits per heavy atom. The van der Waals surface area contributed by atoms with Gasteiger partial charge in [0.05, 0.1) is 37.6 Å². The maximum absolute atomic E-state index is 11.9. The van der Waals surface area contributed by atoms with Gasteiger partial charge in [-0.15, -0.1) is 0 Å². The number of sulfonamides is 1. The lowest BCUT2D eigenvalue weighted by molar-refractivity contribution is -0.145. The van der Waals surface area contributed by atoms with Gasteiger partial charge in [-0.05, 0) is 13.8 Å². The second kappa shape index (κ2) is 5.17. The predicted molar refractivity (Wildman–Crippen MR) is 72.5 cm³/mol. The van der Waals surface area contributed by atoms with Gasteiger partial charge in [-0.1, -0.05) is 0 Å². The van der Waals surface area contributed by atoms with Crippen LogP contribution in [0.25, 0.3) is 0 Å². The van der Waals surface area contributed by atoms with Crippen LogP contribution in [0.15, 0.2) is 6.33 Å². The fourth-order valence-electron chi connectivity index (χ4n) is 2.44. The first-order chi connectivity index (χ1) is 9.25. The Morgan fingerprint density at radius 3 is 2.65 bits per heavy atom. The van der Waals surface area contributed by atoms with Crippen LogP contribution in [0.2, 0.25) is 0 Å². The fourth-order valence-corrected chi connectivity index (χ4v) is 3.42. The average Bonchev–Trinajstić information content (AvgIpc) is 2.78. The summed E-state index contributed by atoms with van der Waals surface area (Å²) >= 11 is 0. The first-order valence-electron chi connectivity index (χ1n) is 6.35. The van der Waals surface area contributed by atoms with Crippen LogP contribution >= 0.6 is 0 Å². The number of ether oxygens (including phenoxy) is 1. The Labute approximate surface area is 118 Å². The third-order valence-corrected chi connectivity index (χ3v) is 4.71. The number of methoxy groups -OCH3 is 1. The number of carbonyl (C=O) groups excluding carboxylic acids is 1. The quantitative estimate of drug-likeness (QED) is 0.751. The first kappa shape index (κ1) is 15.0. The van der Waals surface area contributed by atoms with Crippen molar-refractivity contribution in [3.63, 3.8) is 0 Å². The molecule has 0 aliphatic carbocycles. The summed E-state index contributed by atoms with van der Waals surface area (Å²) in [6.07, 6.45) is 3.04. The molecule has 20 heavy (non-hydrogen) atoms. The van der Waals surface area contributed by atoms with Gasteiger partial charge in [0.2, 0.25) is 10.0 Å². The zero-order valence-electron chi connectivity index (χ0n) is 12.0. The molecular formula is C12H19N3O4S. The molecule has 1 atom stereocenters. The number of esters is 1. The standard InChI is InChI=1S/C12H19N3O4S/c1-8(2)14-7-13-9-5-10(12(16)19-3)15(6-11(9)14)20(4,17)18/h7-8,10H,5-6H2,1-4H3. The molecule has 1 aliphatic heterocycles. The Balaban J connectivity index is 2.46. The maximum atomic E-state index is 11.9. The van der Waals surface area contributed by atoms with Crippen molar-refractivity contribution in [2.24, 2.45) is 0 Å². The minimum Gasteiger partial charge on any atom is -0.468 e. The summed E-state index contributed by atoms with van der Waals surface area (Å²) in [5, 5.41) is 0. The molecule has 0 saturated carbocycles. The number of aromatic nitrogens is 2. The van der Waals surface area contributed by atoms with Crippen LogP contribution in [0.4, 0.5) is 0 Å². The summed E-state index contributed by atoms with van der Waals surface area (Å²) in [7, 11) is -2.25. The van der Waals surface area contributed by atoms with Gasteiger partial charge >= 0.3 is 5.97 Å². The number of carbonyl (C=O) groups is 1. The minimum atomic E-state index is -3.50. The van der Waals surface area contributed by atoms with E-state index in [1.807, 2.05) is 18.4 Å². The lowest BCUT2D eigenvalue weighted by Gasteiger charge is -2.32. The van der Waals surface area contributed by atoms with Gasteiger partial charge in [0.25, 0.3) is 0 Å². The number of fused-ring (bicyclic) bond motifs is 1. The van der Waals surface area contributed by atoms with Crippen molar-refractivity contribution in [2.45, 2.75) is 38.9 Å². The van der Waals surface area contributed by atoms with Gasteiger partial charge in [-0.2, -0.15) is 4.31 Å². The summed E-state index contributed by atoms with van der Waals surface area (Å²) in [6.45, 7) is 4.14. The topological polar surface area (TPSA) is 81.5 Å². The summed E-state index contributed by atoms with van der Waals surface area (Å²) in [6, 6.07) is -0.652.